The lowest BCUT2D eigenvalue weighted by molar-refractivity contribution is -0.143. The first-order valence-corrected chi connectivity index (χ1v) is 40.2. The Labute approximate surface area is 551 Å². The highest BCUT2D eigenvalue weighted by molar-refractivity contribution is 5.76. The highest BCUT2D eigenvalue weighted by Crippen LogP contribution is 2.20. The van der Waals surface area contributed by atoms with E-state index in [2.05, 4.69) is 55.6 Å². The van der Waals surface area contributed by atoms with Crippen LogP contribution >= 0.6 is 0 Å². The topological polar surface area (TPSA) is 95.9 Å². The van der Waals surface area contributed by atoms with E-state index in [4.69, 9.17) is 4.74 Å². The summed E-state index contributed by atoms with van der Waals surface area (Å²) in [7, 11) is 0. The Balaban J connectivity index is 3.34. The van der Waals surface area contributed by atoms with Gasteiger partial charge in [-0.05, 0) is 83.5 Å². The van der Waals surface area contributed by atoms with Crippen molar-refractivity contribution in [2.75, 3.05) is 13.2 Å². The molecule has 2 atom stereocenters. The first-order valence-electron chi connectivity index (χ1n) is 40.2. The number of hydrogen-bond acceptors (Lipinski definition) is 5. The lowest BCUT2D eigenvalue weighted by Gasteiger charge is -2.22. The Bertz CT molecular complexity index is 1430. The quantitative estimate of drug-likeness (QED) is 0.0320. The van der Waals surface area contributed by atoms with Crippen LogP contribution in [0.3, 0.4) is 0 Å². The maximum absolute atomic E-state index is 12.5. The maximum Gasteiger partial charge on any atom is 0.305 e. The molecule has 3 N–H and O–H groups in total. The second-order valence-corrected chi connectivity index (χ2v) is 27.7. The van der Waals surface area contributed by atoms with Crippen LogP contribution in [0.5, 0.6) is 0 Å². The van der Waals surface area contributed by atoms with Gasteiger partial charge in [0.25, 0.3) is 0 Å². The first kappa shape index (κ1) is 86.1. The van der Waals surface area contributed by atoms with Gasteiger partial charge in [0.15, 0.2) is 0 Å². The van der Waals surface area contributed by atoms with E-state index in [-0.39, 0.29) is 18.5 Å². The Morgan fingerprint density at radius 3 is 0.875 bits per heavy atom. The van der Waals surface area contributed by atoms with Crippen molar-refractivity contribution in [2.24, 2.45) is 0 Å². The number of allylic oxidation sites excluding steroid dienone is 6. The zero-order chi connectivity index (χ0) is 63.5. The largest absolute Gasteiger partial charge is 0.466 e. The molecule has 0 aliphatic carbocycles. The minimum absolute atomic E-state index is 0.0136. The number of nitrogens with one attached hydrogen (secondary N) is 1. The molecule has 0 spiro atoms. The summed E-state index contributed by atoms with van der Waals surface area (Å²) in [5.41, 5.74) is 0. The Morgan fingerprint density at radius 2 is 0.568 bits per heavy atom. The number of amides is 1. The summed E-state index contributed by atoms with van der Waals surface area (Å²) in [5.74, 6) is -0.0146. The van der Waals surface area contributed by atoms with Crippen molar-refractivity contribution < 1.29 is 24.5 Å². The average molecular weight is 1240 g/mol. The summed E-state index contributed by atoms with van der Waals surface area (Å²) in [6, 6.07) is -0.539. The third-order valence-corrected chi connectivity index (χ3v) is 18.9. The van der Waals surface area contributed by atoms with E-state index in [1.54, 1.807) is 0 Å². The van der Waals surface area contributed by atoms with Gasteiger partial charge in [-0.1, -0.05) is 391 Å². The van der Waals surface area contributed by atoms with Crippen LogP contribution < -0.4 is 5.32 Å². The van der Waals surface area contributed by atoms with Crippen molar-refractivity contribution in [3.05, 3.63) is 36.5 Å². The molecule has 6 heteroatoms. The van der Waals surface area contributed by atoms with E-state index in [0.717, 1.165) is 51.4 Å². The zero-order valence-corrected chi connectivity index (χ0v) is 59.7. The van der Waals surface area contributed by atoms with Gasteiger partial charge < -0.3 is 20.3 Å². The minimum atomic E-state index is -0.662. The van der Waals surface area contributed by atoms with E-state index in [9.17, 15) is 19.8 Å². The van der Waals surface area contributed by atoms with Crippen molar-refractivity contribution in [2.45, 2.75) is 463 Å². The highest BCUT2D eigenvalue weighted by Gasteiger charge is 2.20. The van der Waals surface area contributed by atoms with Gasteiger partial charge in [0, 0.05) is 12.8 Å². The zero-order valence-electron chi connectivity index (χ0n) is 59.7. The van der Waals surface area contributed by atoms with Crippen molar-refractivity contribution in [3.8, 4) is 0 Å². The number of rotatable bonds is 76. The van der Waals surface area contributed by atoms with Crippen LogP contribution in [0, 0.1) is 0 Å². The monoisotopic (exact) mass is 1240 g/mol. The molecule has 0 saturated carbocycles. The third-order valence-electron chi connectivity index (χ3n) is 18.9. The molecule has 0 aromatic rings. The van der Waals surface area contributed by atoms with Crippen molar-refractivity contribution >= 4 is 11.9 Å². The van der Waals surface area contributed by atoms with Gasteiger partial charge in [0.05, 0.1) is 25.4 Å². The standard InChI is InChI=1S/C82H157NO5/c1-3-5-7-9-11-13-15-17-19-46-50-54-58-62-66-70-74-80(85)79(78-84)83-81(86)75-71-67-63-59-55-51-47-44-42-40-38-36-34-32-30-28-26-24-22-21-23-25-27-29-31-33-35-37-39-41-43-45-49-53-57-61-65-69-73-77-88-82(87)76-72-68-64-60-56-52-48-20-18-16-14-12-10-8-6-4-2/h20-22,25,27,48,79-80,84-85H,3-19,23-24,26,28-47,49-78H2,1-2H3,(H,83,86)/b22-21-,27-25-,48-20-. The van der Waals surface area contributed by atoms with Crippen LogP contribution in [0.4, 0.5) is 0 Å². The number of aliphatic hydroxyl groups is 2. The molecule has 6 nitrogen and oxygen atoms in total. The SMILES string of the molecule is CCCCCCCCC/C=C\CCCCCCCC(=O)OCCCCCCCCCCCCCCCCC/C=C\C/C=C\CCCCCCCCCCCCCCCCCCCC(=O)NC(CO)C(O)CCCCCCCCCCCCCCCCCC. The second-order valence-electron chi connectivity index (χ2n) is 27.7. The third kappa shape index (κ3) is 73.1. The normalized spacial score (nSPS) is 12.6. The van der Waals surface area contributed by atoms with Gasteiger partial charge in [0.2, 0.25) is 5.91 Å². The summed E-state index contributed by atoms with van der Waals surface area (Å²) >= 11 is 0. The number of aliphatic hydroxyl groups excluding tert-OH is 2. The molecule has 0 bridgehead atoms. The molecule has 0 aromatic carbocycles. The molecule has 88 heavy (non-hydrogen) atoms. The molecule has 2 unspecified atom stereocenters. The maximum atomic E-state index is 12.5. The molecule has 0 aliphatic heterocycles. The average Bonchev–Trinajstić information content (AvgIpc) is 3.58. The summed E-state index contributed by atoms with van der Waals surface area (Å²) in [6.45, 7) is 4.99. The Morgan fingerprint density at radius 1 is 0.318 bits per heavy atom. The summed E-state index contributed by atoms with van der Waals surface area (Å²) in [6.07, 6.45) is 101. The van der Waals surface area contributed by atoms with Crippen molar-refractivity contribution in [1.29, 1.82) is 0 Å². The van der Waals surface area contributed by atoms with Crippen LogP contribution in [-0.2, 0) is 14.3 Å². The lowest BCUT2D eigenvalue weighted by Crippen LogP contribution is -2.45. The summed E-state index contributed by atoms with van der Waals surface area (Å²) in [4.78, 5) is 24.6. The molecule has 0 saturated heterocycles. The van der Waals surface area contributed by atoms with E-state index in [1.165, 1.54) is 366 Å². The lowest BCUT2D eigenvalue weighted by atomic mass is 10.0. The van der Waals surface area contributed by atoms with E-state index in [1.807, 2.05) is 0 Å². The smallest absolute Gasteiger partial charge is 0.305 e. The van der Waals surface area contributed by atoms with Crippen LogP contribution in [0.15, 0.2) is 36.5 Å². The van der Waals surface area contributed by atoms with Gasteiger partial charge in [-0.2, -0.15) is 0 Å². The predicted octanol–water partition coefficient (Wildman–Crippen LogP) is 26.6. The van der Waals surface area contributed by atoms with Crippen LogP contribution in [-0.4, -0.2) is 47.4 Å². The Hall–Kier alpha value is -1.92. The number of carbonyl (C=O) groups is 2. The number of ether oxygens (including phenoxy) is 1. The van der Waals surface area contributed by atoms with Gasteiger partial charge >= 0.3 is 5.97 Å². The molecular weight excluding hydrogens is 1080 g/mol. The van der Waals surface area contributed by atoms with E-state index in [0.29, 0.717) is 25.9 Å². The minimum Gasteiger partial charge on any atom is -0.466 e. The first-order chi connectivity index (χ1) is 43.5. The summed E-state index contributed by atoms with van der Waals surface area (Å²) < 4.78 is 5.50. The molecule has 1 amide bonds. The van der Waals surface area contributed by atoms with E-state index < -0.39 is 12.1 Å². The molecule has 0 aliphatic rings. The highest BCUT2D eigenvalue weighted by atomic mass is 16.5. The number of carbonyl (C=O) groups excluding carboxylic acids is 2. The van der Waals surface area contributed by atoms with Gasteiger partial charge in [-0.3, -0.25) is 9.59 Å². The molecule has 0 aromatic heterocycles. The fourth-order valence-corrected chi connectivity index (χ4v) is 12.8. The fourth-order valence-electron chi connectivity index (χ4n) is 12.8. The fraction of sp³-hybridized carbons (Fsp3) is 0.902. The number of unbranched alkanes of at least 4 members (excludes halogenated alkanes) is 59. The van der Waals surface area contributed by atoms with Crippen LogP contribution in [0.1, 0.15) is 450 Å². The second kappa shape index (κ2) is 77.5. The predicted molar refractivity (Wildman–Crippen MR) is 389 cm³/mol. The summed E-state index contributed by atoms with van der Waals surface area (Å²) in [5, 5.41) is 23.4. The van der Waals surface area contributed by atoms with Crippen LogP contribution in [0.25, 0.3) is 0 Å². The molecule has 0 heterocycles. The van der Waals surface area contributed by atoms with Gasteiger partial charge in [0.1, 0.15) is 0 Å². The van der Waals surface area contributed by atoms with Gasteiger partial charge in [-0.15, -0.1) is 0 Å². The van der Waals surface area contributed by atoms with Crippen molar-refractivity contribution in [3.63, 3.8) is 0 Å². The molecule has 0 rings (SSSR count). The number of hydrogen-bond donors (Lipinski definition) is 3. The molecule has 0 fully saturated rings. The Kier molecular flexibility index (Phi) is 75.8. The molecule has 0 radical (unpaired) electrons. The molecule has 520 valence electrons. The van der Waals surface area contributed by atoms with Crippen LogP contribution in [0.2, 0.25) is 0 Å². The van der Waals surface area contributed by atoms with Gasteiger partial charge in [-0.25, -0.2) is 0 Å². The van der Waals surface area contributed by atoms with Crippen molar-refractivity contribution in [1.82, 2.24) is 5.32 Å². The van der Waals surface area contributed by atoms with E-state index >= 15 is 0 Å². The number of esters is 1. The molecular formula is C82H157NO5.